The van der Waals surface area contributed by atoms with Gasteiger partial charge in [0.15, 0.2) is 0 Å². The van der Waals surface area contributed by atoms with E-state index in [1.807, 2.05) is 53.0 Å². The molecule has 32 heavy (non-hydrogen) atoms. The van der Waals surface area contributed by atoms with Gasteiger partial charge in [-0.3, -0.25) is 0 Å². The Labute approximate surface area is 186 Å². The van der Waals surface area contributed by atoms with Crippen LogP contribution in [0.3, 0.4) is 0 Å². The van der Waals surface area contributed by atoms with Crippen molar-refractivity contribution in [3.8, 4) is 22.8 Å². The Morgan fingerprint density at radius 3 is 2.56 bits per heavy atom. The first kappa shape index (κ1) is 20.1. The van der Waals surface area contributed by atoms with Crippen LogP contribution in [0.5, 0.6) is 11.5 Å². The smallest absolute Gasteiger partial charge is 0.245 e. The summed E-state index contributed by atoms with van der Waals surface area (Å²) in [6, 6.07) is 17.9. The Kier molecular flexibility index (Phi) is 5.51. The van der Waals surface area contributed by atoms with Gasteiger partial charge in [-0.15, -0.1) is 5.10 Å². The monoisotopic (exact) mass is 431 g/mol. The number of methoxy groups -OCH3 is 2. The normalized spacial score (nSPS) is 13.9. The quantitative estimate of drug-likeness (QED) is 0.495. The number of para-hydroxylation sites is 1. The summed E-state index contributed by atoms with van der Waals surface area (Å²) in [5.41, 5.74) is 4.72. The number of benzene rings is 2. The average Bonchev–Trinajstić information content (AvgIpc) is 3.27. The van der Waals surface area contributed by atoms with Crippen LogP contribution in [-0.4, -0.2) is 55.1 Å². The summed E-state index contributed by atoms with van der Waals surface area (Å²) in [6.07, 6.45) is 1.81. The first-order chi connectivity index (χ1) is 15.8. The van der Waals surface area contributed by atoms with Gasteiger partial charge in [0.1, 0.15) is 11.5 Å². The average molecular weight is 431 g/mol. The zero-order chi connectivity index (χ0) is 21.9. The van der Waals surface area contributed by atoms with E-state index in [4.69, 9.17) is 19.3 Å². The maximum absolute atomic E-state index is 5.58. The topological polar surface area (TPSA) is 73.1 Å². The van der Waals surface area contributed by atoms with Crippen molar-refractivity contribution in [2.75, 3.05) is 50.7 Å². The molecule has 8 nitrogen and oxygen atoms in total. The predicted octanol–water partition coefficient (Wildman–Crippen LogP) is 3.99. The van der Waals surface area contributed by atoms with E-state index in [9.17, 15) is 0 Å². The molecular formula is C24H25N5O3. The number of nitrogens with zero attached hydrogens (tertiary/aromatic N) is 4. The van der Waals surface area contributed by atoms with E-state index in [2.05, 4.69) is 21.3 Å². The lowest BCUT2D eigenvalue weighted by Crippen LogP contribution is -2.36. The first-order valence-corrected chi connectivity index (χ1v) is 10.5. The highest BCUT2D eigenvalue weighted by molar-refractivity contribution is 5.72. The van der Waals surface area contributed by atoms with E-state index in [-0.39, 0.29) is 0 Å². The molecule has 0 spiro atoms. The van der Waals surface area contributed by atoms with Crippen LogP contribution < -0.4 is 19.7 Å². The Hall–Kier alpha value is -3.78. The lowest BCUT2D eigenvalue weighted by atomic mass is 10.1. The second-order valence-electron chi connectivity index (χ2n) is 7.45. The van der Waals surface area contributed by atoms with Gasteiger partial charge in [-0.25, -0.2) is 9.50 Å². The third-order valence-electron chi connectivity index (χ3n) is 5.57. The predicted molar refractivity (Wildman–Crippen MR) is 124 cm³/mol. The molecule has 8 heteroatoms. The van der Waals surface area contributed by atoms with E-state index in [1.165, 1.54) is 0 Å². The van der Waals surface area contributed by atoms with Crippen LogP contribution in [0.15, 0.2) is 60.8 Å². The number of anilines is 3. The van der Waals surface area contributed by atoms with Crippen LogP contribution in [0, 0.1) is 0 Å². The van der Waals surface area contributed by atoms with Crippen molar-refractivity contribution in [1.29, 1.82) is 0 Å². The van der Waals surface area contributed by atoms with Crippen LogP contribution in [0.1, 0.15) is 0 Å². The van der Waals surface area contributed by atoms with E-state index in [0.29, 0.717) is 19.2 Å². The summed E-state index contributed by atoms with van der Waals surface area (Å²) < 4.78 is 18.5. The van der Waals surface area contributed by atoms with Gasteiger partial charge >= 0.3 is 0 Å². The maximum atomic E-state index is 5.58. The molecule has 1 fully saturated rings. The molecule has 1 aliphatic heterocycles. The Morgan fingerprint density at radius 1 is 0.938 bits per heavy atom. The van der Waals surface area contributed by atoms with Gasteiger partial charge in [0.2, 0.25) is 5.95 Å². The van der Waals surface area contributed by atoms with Crippen molar-refractivity contribution in [3.63, 3.8) is 0 Å². The molecule has 1 N–H and O–H groups in total. The summed E-state index contributed by atoms with van der Waals surface area (Å²) in [5, 5.41) is 8.08. The first-order valence-electron chi connectivity index (χ1n) is 10.5. The zero-order valence-electron chi connectivity index (χ0n) is 18.1. The minimum absolute atomic E-state index is 0.503. The number of nitrogens with one attached hydrogen (secondary N) is 1. The van der Waals surface area contributed by atoms with Crippen LogP contribution in [-0.2, 0) is 4.74 Å². The van der Waals surface area contributed by atoms with E-state index in [1.54, 1.807) is 20.4 Å². The minimum atomic E-state index is 0.503. The molecule has 0 bridgehead atoms. The summed E-state index contributed by atoms with van der Waals surface area (Å²) >= 11 is 0. The van der Waals surface area contributed by atoms with Gasteiger partial charge in [-0.05, 0) is 42.5 Å². The minimum Gasteiger partial charge on any atom is -0.496 e. The lowest BCUT2D eigenvalue weighted by molar-refractivity contribution is 0.122. The number of fused-ring (bicyclic) bond motifs is 1. The molecule has 5 rings (SSSR count). The molecule has 1 aliphatic rings. The molecule has 2 aromatic heterocycles. The van der Waals surface area contributed by atoms with Gasteiger partial charge < -0.3 is 24.4 Å². The standard InChI is InChI=1S/C24H25N5O3/c1-30-22-6-4-3-5-19(22)20-9-8-18-16-25-24(27-29(18)20)26-17-7-10-23(31-2)21(15-17)28-11-13-32-14-12-28/h3-10,15-16H,11-14H2,1-2H3,(H,26,27). The second kappa shape index (κ2) is 8.76. The highest BCUT2D eigenvalue weighted by atomic mass is 16.5. The SMILES string of the molecule is COc1ccccc1-c1ccc2cnc(Nc3ccc(OC)c(N4CCOCC4)c3)nn12. The molecule has 3 heterocycles. The van der Waals surface area contributed by atoms with Crippen molar-refractivity contribution >= 4 is 22.8 Å². The van der Waals surface area contributed by atoms with Gasteiger partial charge in [0, 0.05) is 24.3 Å². The van der Waals surface area contributed by atoms with E-state index >= 15 is 0 Å². The third-order valence-corrected chi connectivity index (χ3v) is 5.57. The van der Waals surface area contributed by atoms with Crippen molar-refractivity contribution in [3.05, 3.63) is 60.8 Å². The molecule has 0 atom stereocenters. The van der Waals surface area contributed by atoms with E-state index < -0.39 is 0 Å². The molecular weight excluding hydrogens is 406 g/mol. The van der Waals surface area contributed by atoms with Gasteiger partial charge in [-0.2, -0.15) is 0 Å². The fourth-order valence-electron chi connectivity index (χ4n) is 3.97. The lowest BCUT2D eigenvalue weighted by Gasteiger charge is -2.30. The maximum Gasteiger partial charge on any atom is 0.245 e. The number of morpholine rings is 1. The Morgan fingerprint density at radius 2 is 1.75 bits per heavy atom. The summed E-state index contributed by atoms with van der Waals surface area (Å²) in [7, 11) is 3.36. The summed E-state index contributed by atoms with van der Waals surface area (Å²) in [4.78, 5) is 6.76. The molecule has 0 aliphatic carbocycles. The molecule has 0 radical (unpaired) electrons. The van der Waals surface area contributed by atoms with Gasteiger partial charge in [0.05, 0.1) is 50.5 Å². The molecule has 4 aromatic rings. The van der Waals surface area contributed by atoms with E-state index in [0.717, 1.165) is 52.7 Å². The fraction of sp³-hybridized carbons (Fsp3) is 0.250. The molecule has 0 saturated carbocycles. The summed E-state index contributed by atoms with van der Waals surface area (Å²) in [5.74, 6) is 2.13. The molecule has 0 unspecified atom stereocenters. The Bertz CT molecular complexity index is 1230. The van der Waals surface area contributed by atoms with Crippen molar-refractivity contribution < 1.29 is 14.2 Å². The number of hydrogen-bond acceptors (Lipinski definition) is 7. The number of aromatic nitrogens is 3. The van der Waals surface area contributed by atoms with Gasteiger partial charge in [-0.1, -0.05) is 12.1 Å². The van der Waals surface area contributed by atoms with Crippen LogP contribution in [0.25, 0.3) is 16.8 Å². The second-order valence-corrected chi connectivity index (χ2v) is 7.45. The fourth-order valence-corrected chi connectivity index (χ4v) is 3.97. The number of rotatable bonds is 6. The van der Waals surface area contributed by atoms with Gasteiger partial charge in [0.25, 0.3) is 0 Å². The zero-order valence-corrected chi connectivity index (χ0v) is 18.1. The highest BCUT2D eigenvalue weighted by Crippen LogP contribution is 2.33. The number of hydrogen-bond donors (Lipinski definition) is 1. The van der Waals surface area contributed by atoms with Crippen LogP contribution in [0.4, 0.5) is 17.3 Å². The van der Waals surface area contributed by atoms with Crippen LogP contribution in [0.2, 0.25) is 0 Å². The number of ether oxygens (including phenoxy) is 3. The summed E-state index contributed by atoms with van der Waals surface area (Å²) in [6.45, 7) is 3.07. The third kappa shape index (κ3) is 3.80. The van der Waals surface area contributed by atoms with Crippen LogP contribution >= 0.6 is 0 Å². The molecule has 2 aromatic carbocycles. The van der Waals surface area contributed by atoms with Crippen molar-refractivity contribution in [2.24, 2.45) is 0 Å². The highest BCUT2D eigenvalue weighted by Gasteiger charge is 2.17. The molecule has 164 valence electrons. The molecule has 1 saturated heterocycles. The van der Waals surface area contributed by atoms with Crippen molar-refractivity contribution in [2.45, 2.75) is 0 Å². The van der Waals surface area contributed by atoms with Crippen molar-refractivity contribution in [1.82, 2.24) is 14.6 Å². The largest absolute Gasteiger partial charge is 0.496 e. The molecule has 0 amide bonds. The Balaban J connectivity index is 1.48.